The van der Waals surface area contributed by atoms with E-state index < -0.39 is 23.9 Å². The summed E-state index contributed by atoms with van der Waals surface area (Å²) in [7, 11) is 2.47. The molecule has 0 unspecified atom stereocenters. The summed E-state index contributed by atoms with van der Waals surface area (Å²) < 4.78 is 10.6. The first-order chi connectivity index (χ1) is 10.4. The number of amides is 1. The number of halogens is 2. The molecule has 22 heavy (non-hydrogen) atoms. The Morgan fingerprint density at radius 2 is 1.68 bits per heavy atom. The molecule has 0 aliphatic heterocycles. The van der Waals surface area contributed by atoms with Gasteiger partial charge in [-0.25, -0.2) is 4.79 Å². The number of hydrogen-bond acceptors (Lipinski definition) is 5. The first kappa shape index (κ1) is 18.6. The zero-order chi connectivity index (χ0) is 16.7. The first-order valence-electron chi connectivity index (χ1n) is 6.29. The van der Waals surface area contributed by atoms with Crippen molar-refractivity contribution < 1.29 is 23.9 Å². The average molecular weight is 437 g/mol. The fourth-order valence-electron chi connectivity index (χ4n) is 1.68. The predicted molar refractivity (Wildman–Crippen MR) is 86.4 cm³/mol. The van der Waals surface area contributed by atoms with E-state index in [1.54, 1.807) is 18.2 Å². The number of benzene rings is 1. The van der Waals surface area contributed by atoms with E-state index in [4.69, 9.17) is 0 Å². The molecule has 1 rings (SSSR count). The van der Waals surface area contributed by atoms with Gasteiger partial charge in [-0.3, -0.25) is 9.59 Å². The van der Waals surface area contributed by atoms with Crippen LogP contribution in [0.1, 0.15) is 23.2 Å². The van der Waals surface area contributed by atoms with Gasteiger partial charge in [0.25, 0.3) is 5.91 Å². The van der Waals surface area contributed by atoms with Crippen molar-refractivity contribution in [3.05, 3.63) is 32.7 Å². The Morgan fingerprint density at radius 1 is 1.09 bits per heavy atom. The zero-order valence-electron chi connectivity index (χ0n) is 12.0. The van der Waals surface area contributed by atoms with Crippen molar-refractivity contribution in [3.63, 3.8) is 0 Å². The summed E-state index contributed by atoms with van der Waals surface area (Å²) in [6.07, 6.45) is 0.0962. The largest absolute Gasteiger partial charge is 0.469 e. The van der Waals surface area contributed by atoms with Crippen LogP contribution in [-0.2, 0) is 19.1 Å². The summed E-state index contributed by atoms with van der Waals surface area (Å²) in [5.41, 5.74) is 0.369. The molecule has 1 amide bonds. The highest BCUT2D eigenvalue weighted by Gasteiger charge is 2.23. The van der Waals surface area contributed by atoms with Crippen LogP contribution in [0.15, 0.2) is 27.1 Å². The van der Waals surface area contributed by atoms with Gasteiger partial charge in [-0.2, -0.15) is 0 Å². The van der Waals surface area contributed by atoms with Crippen molar-refractivity contribution in [3.8, 4) is 0 Å². The molecule has 0 bridgehead atoms. The van der Waals surface area contributed by atoms with Crippen LogP contribution in [0.2, 0.25) is 0 Å². The molecule has 1 atom stereocenters. The maximum Gasteiger partial charge on any atom is 0.328 e. The molecule has 0 radical (unpaired) electrons. The van der Waals surface area contributed by atoms with E-state index in [9.17, 15) is 14.4 Å². The van der Waals surface area contributed by atoms with Gasteiger partial charge in [0.05, 0.1) is 14.2 Å². The zero-order valence-corrected chi connectivity index (χ0v) is 15.2. The summed E-state index contributed by atoms with van der Waals surface area (Å²) in [5.74, 6) is -1.53. The second-order valence-electron chi connectivity index (χ2n) is 4.32. The molecule has 0 aliphatic rings. The summed E-state index contributed by atoms with van der Waals surface area (Å²) in [4.78, 5) is 35.1. The Bertz CT molecular complexity index is 556. The monoisotopic (exact) mass is 435 g/mol. The molecule has 120 valence electrons. The highest BCUT2D eigenvalue weighted by atomic mass is 79.9. The van der Waals surface area contributed by atoms with Crippen LogP contribution in [0, 0.1) is 0 Å². The van der Waals surface area contributed by atoms with E-state index in [0.29, 0.717) is 5.56 Å². The number of rotatable bonds is 6. The smallest absolute Gasteiger partial charge is 0.328 e. The lowest BCUT2D eigenvalue weighted by Crippen LogP contribution is -2.41. The molecule has 0 saturated carbocycles. The van der Waals surface area contributed by atoms with Gasteiger partial charge >= 0.3 is 11.9 Å². The molecule has 6 nitrogen and oxygen atoms in total. The molecule has 0 saturated heterocycles. The highest BCUT2D eigenvalue weighted by Crippen LogP contribution is 2.20. The topological polar surface area (TPSA) is 81.7 Å². The minimum absolute atomic E-state index is 0.00126. The normalized spacial score (nSPS) is 11.5. The number of carbonyl (C=O) groups is 3. The van der Waals surface area contributed by atoms with E-state index in [-0.39, 0.29) is 12.8 Å². The number of carbonyl (C=O) groups excluding carboxylic acids is 3. The molecule has 0 spiro atoms. The number of hydrogen-bond donors (Lipinski definition) is 1. The van der Waals surface area contributed by atoms with Crippen molar-refractivity contribution in [2.45, 2.75) is 18.9 Å². The van der Waals surface area contributed by atoms with Crippen molar-refractivity contribution in [2.24, 2.45) is 0 Å². The number of esters is 2. The Kier molecular flexibility index (Phi) is 7.53. The molecule has 1 aromatic rings. The SMILES string of the molecule is COC(=O)CC[C@H](NC(=O)c1cc(Br)cc(Br)c1)C(=O)OC. The Labute approximate surface area is 144 Å². The number of nitrogens with one attached hydrogen (secondary N) is 1. The van der Waals surface area contributed by atoms with Gasteiger partial charge in [-0.15, -0.1) is 0 Å². The Morgan fingerprint density at radius 3 is 2.18 bits per heavy atom. The van der Waals surface area contributed by atoms with Crippen molar-refractivity contribution in [2.75, 3.05) is 14.2 Å². The van der Waals surface area contributed by atoms with Gasteiger partial charge in [0.2, 0.25) is 0 Å². The van der Waals surface area contributed by atoms with E-state index in [1.165, 1.54) is 14.2 Å². The van der Waals surface area contributed by atoms with Gasteiger partial charge in [-0.1, -0.05) is 31.9 Å². The minimum atomic E-state index is -0.922. The third-order valence-electron chi connectivity index (χ3n) is 2.78. The molecule has 1 aromatic carbocycles. The van der Waals surface area contributed by atoms with Gasteiger partial charge in [-0.05, 0) is 24.6 Å². The first-order valence-corrected chi connectivity index (χ1v) is 7.87. The summed E-state index contributed by atoms with van der Waals surface area (Å²) >= 11 is 6.57. The Balaban J connectivity index is 2.81. The molecule has 1 N–H and O–H groups in total. The molecule has 8 heteroatoms. The second-order valence-corrected chi connectivity index (χ2v) is 6.15. The third kappa shape index (κ3) is 5.76. The van der Waals surface area contributed by atoms with Crippen molar-refractivity contribution >= 4 is 49.7 Å². The standard InChI is InChI=1S/C14H15Br2NO5/c1-21-12(18)4-3-11(14(20)22-2)17-13(19)8-5-9(15)7-10(16)6-8/h5-7,11H,3-4H2,1-2H3,(H,17,19)/t11-/m0/s1. The average Bonchev–Trinajstić information content (AvgIpc) is 2.48. The highest BCUT2D eigenvalue weighted by molar-refractivity contribution is 9.11. The number of ether oxygens (including phenoxy) is 2. The third-order valence-corrected chi connectivity index (χ3v) is 3.70. The predicted octanol–water partition coefficient (Wildman–Crippen LogP) is 2.44. The molecule has 0 aliphatic carbocycles. The summed E-state index contributed by atoms with van der Waals surface area (Å²) in [5, 5.41) is 2.55. The van der Waals surface area contributed by atoms with Crippen LogP contribution in [0.4, 0.5) is 0 Å². The van der Waals surface area contributed by atoms with E-state index in [0.717, 1.165) is 8.95 Å². The van der Waals surface area contributed by atoms with Crippen molar-refractivity contribution in [1.29, 1.82) is 0 Å². The van der Waals surface area contributed by atoms with Gasteiger partial charge < -0.3 is 14.8 Å². The van der Waals surface area contributed by atoms with Crippen LogP contribution in [0.5, 0.6) is 0 Å². The molecule has 0 fully saturated rings. The quantitative estimate of drug-likeness (QED) is 0.692. The van der Waals surface area contributed by atoms with Crippen LogP contribution in [0.3, 0.4) is 0 Å². The fourth-order valence-corrected chi connectivity index (χ4v) is 2.98. The maximum absolute atomic E-state index is 12.2. The second kappa shape index (κ2) is 8.89. The van der Waals surface area contributed by atoms with Crippen LogP contribution >= 0.6 is 31.9 Å². The lowest BCUT2D eigenvalue weighted by atomic mass is 10.1. The van der Waals surface area contributed by atoms with Crippen molar-refractivity contribution in [1.82, 2.24) is 5.32 Å². The van der Waals surface area contributed by atoms with Crippen LogP contribution in [-0.4, -0.2) is 38.1 Å². The molecule has 0 heterocycles. The van der Waals surface area contributed by atoms with E-state index in [1.807, 2.05) is 0 Å². The van der Waals surface area contributed by atoms with Gasteiger partial charge in [0, 0.05) is 20.9 Å². The van der Waals surface area contributed by atoms with Gasteiger partial charge in [0.15, 0.2) is 0 Å². The lowest BCUT2D eigenvalue weighted by Gasteiger charge is -2.16. The Hall–Kier alpha value is -1.41. The lowest BCUT2D eigenvalue weighted by molar-refractivity contribution is -0.144. The summed E-state index contributed by atoms with van der Waals surface area (Å²) in [6.45, 7) is 0. The van der Waals surface area contributed by atoms with E-state index in [2.05, 4.69) is 46.7 Å². The fraction of sp³-hybridized carbons (Fsp3) is 0.357. The van der Waals surface area contributed by atoms with Gasteiger partial charge in [0.1, 0.15) is 6.04 Å². The molecule has 0 aromatic heterocycles. The molecular formula is C14H15Br2NO5. The maximum atomic E-state index is 12.2. The minimum Gasteiger partial charge on any atom is -0.469 e. The molecular weight excluding hydrogens is 422 g/mol. The van der Waals surface area contributed by atoms with Crippen LogP contribution < -0.4 is 5.32 Å². The number of methoxy groups -OCH3 is 2. The van der Waals surface area contributed by atoms with Crippen LogP contribution in [0.25, 0.3) is 0 Å². The van der Waals surface area contributed by atoms with E-state index >= 15 is 0 Å². The summed E-state index contributed by atoms with van der Waals surface area (Å²) in [6, 6.07) is 4.10.